The van der Waals surface area contributed by atoms with Crippen molar-refractivity contribution in [3.63, 3.8) is 0 Å². The second kappa shape index (κ2) is 11.1. The maximum Gasteiger partial charge on any atom is 0.237 e. The molecule has 2 rings (SSSR count). The van der Waals surface area contributed by atoms with Gasteiger partial charge in [-0.25, -0.2) is 8.78 Å². The highest BCUT2D eigenvalue weighted by Gasteiger charge is 2.23. The molecule has 0 saturated heterocycles. The van der Waals surface area contributed by atoms with Crippen molar-refractivity contribution in [2.75, 3.05) is 20.1 Å². The summed E-state index contributed by atoms with van der Waals surface area (Å²) in [5, 5.41) is 5.29. The first-order valence-corrected chi connectivity index (χ1v) is 8.58. The molecule has 7 heteroatoms. The third kappa shape index (κ3) is 6.65. The lowest BCUT2D eigenvalue weighted by atomic mass is 10.1. The van der Waals surface area contributed by atoms with Crippen molar-refractivity contribution in [2.24, 2.45) is 0 Å². The Morgan fingerprint density at radius 2 is 1.84 bits per heavy atom. The Morgan fingerprint density at radius 1 is 1.12 bits per heavy atom. The molecule has 0 bridgehead atoms. The van der Waals surface area contributed by atoms with Crippen LogP contribution in [-0.2, 0) is 4.79 Å². The van der Waals surface area contributed by atoms with Crippen molar-refractivity contribution < 1.29 is 13.6 Å². The number of thioether (sulfide) groups is 1. The number of rotatable bonds is 8. The number of carbonyl (C=O) groups is 1. The molecule has 1 atom stereocenters. The predicted octanol–water partition coefficient (Wildman–Crippen LogP) is 3.95. The van der Waals surface area contributed by atoms with E-state index in [1.54, 1.807) is 0 Å². The molecule has 25 heavy (non-hydrogen) atoms. The van der Waals surface area contributed by atoms with Gasteiger partial charge in [0.1, 0.15) is 16.9 Å². The molecule has 3 nitrogen and oxygen atoms in total. The molecule has 0 aliphatic rings. The van der Waals surface area contributed by atoms with Gasteiger partial charge >= 0.3 is 0 Å². The zero-order valence-corrected chi connectivity index (χ0v) is 15.4. The third-order valence-corrected chi connectivity index (χ3v) is 4.69. The number of carbonyl (C=O) groups excluding carboxylic acids is 1. The maximum atomic E-state index is 13.9. The molecule has 2 aromatic rings. The smallest absolute Gasteiger partial charge is 0.237 e. The van der Waals surface area contributed by atoms with Crippen molar-refractivity contribution in [3.05, 3.63) is 65.7 Å². The summed E-state index contributed by atoms with van der Waals surface area (Å²) in [7, 11) is 1.85. The highest BCUT2D eigenvalue weighted by atomic mass is 35.5. The normalized spacial score (nSPS) is 11.5. The molecule has 0 radical (unpaired) electrons. The van der Waals surface area contributed by atoms with Gasteiger partial charge in [0.15, 0.2) is 0 Å². The van der Waals surface area contributed by atoms with E-state index in [0.29, 0.717) is 6.54 Å². The van der Waals surface area contributed by atoms with E-state index in [0.717, 1.165) is 36.4 Å². The van der Waals surface area contributed by atoms with Gasteiger partial charge in [-0.05, 0) is 37.7 Å². The minimum absolute atomic E-state index is 0. The Morgan fingerprint density at radius 3 is 2.48 bits per heavy atom. The van der Waals surface area contributed by atoms with Gasteiger partial charge in [0.25, 0.3) is 0 Å². The molecule has 2 aromatic carbocycles. The second-order valence-corrected chi connectivity index (χ2v) is 6.38. The number of hydrogen-bond donors (Lipinski definition) is 2. The highest BCUT2D eigenvalue weighted by molar-refractivity contribution is 8.00. The monoisotopic (exact) mass is 386 g/mol. The van der Waals surface area contributed by atoms with Crippen molar-refractivity contribution in [1.82, 2.24) is 10.6 Å². The second-order valence-electron chi connectivity index (χ2n) is 5.23. The molecule has 0 fully saturated rings. The summed E-state index contributed by atoms with van der Waals surface area (Å²) >= 11 is 1.08. The first-order chi connectivity index (χ1) is 11.6. The standard InChI is InChI=1S/C18H20F2N2OS.ClH/c1-21-10-5-11-22-18(23)17(13-6-3-2-4-7-13)24-16-9-8-14(19)12-15(16)20;/h2-4,6-9,12,17,21H,5,10-11H2,1H3,(H,22,23);1H. The van der Waals surface area contributed by atoms with Crippen LogP contribution in [-0.4, -0.2) is 26.0 Å². The van der Waals surface area contributed by atoms with Crippen LogP contribution in [0.25, 0.3) is 0 Å². The molecule has 2 N–H and O–H groups in total. The number of halogens is 3. The number of hydrogen-bond acceptors (Lipinski definition) is 3. The summed E-state index contributed by atoms with van der Waals surface area (Å²) in [5.74, 6) is -1.49. The molecular weight excluding hydrogens is 366 g/mol. The molecule has 136 valence electrons. The fourth-order valence-corrected chi connectivity index (χ4v) is 3.22. The summed E-state index contributed by atoms with van der Waals surface area (Å²) in [5.41, 5.74) is 0.775. The largest absolute Gasteiger partial charge is 0.355 e. The summed E-state index contributed by atoms with van der Waals surface area (Å²) in [4.78, 5) is 12.8. The van der Waals surface area contributed by atoms with E-state index >= 15 is 0 Å². The fraction of sp³-hybridized carbons (Fsp3) is 0.278. The lowest BCUT2D eigenvalue weighted by Crippen LogP contribution is -2.30. The average Bonchev–Trinajstić information content (AvgIpc) is 2.58. The zero-order chi connectivity index (χ0) is 17.4. The minimum atomic E-state index is -0.663. The Labute approximate surface area is 157 Å². The molecule has 0 heterocycles. The molecular formula is C18H21ClF2N2OS. The topological polar surface area (TPSA) is 41.1 Å². The van der Waals surface area contributed by atoms with Gasteiger partial charge < -0.3 is 10.6 Å². The van der Waals surface area contributed by atoms with Crippen LogP contribution in [0.4, 0.5) is 8.78 Å². The summed E-state index contributed by atoms with van der Waals surface area (Å²) in [6.45, 7) is 1.34. The first kappa shape index (κ1) is 21.4. The predicted molar refractivity (Wildman–Crippen MR) is 100 cm³/mol. The highest BCUT2D eigenvalue weighted by Crippen LogP contribution is 2.36. The van der Waals surface area contributed by atoms with Crippen LogP contribution in [0.15, 0.2) is 53.4 Å². The Bertz CT molecular complexity index is 673. The van der Waals surface area contributed by atoms with Crippen molar-refractivity contribution in [1.29, 1.82) is 0 Å². The summed E-state index contributed by atoms with van der Waals surface area (Å²) in [6, 6.07) is 12.6. The van der Waals surface area contributed by atoms with Gasteiger partial charge in [-0.1, -0.05) is 30.3 Å². The molecule has 0 aliphatic heterocycles. The Balaban J connectivity index is 0.00000312. The van der Waals surface area contributed by atoms with E-state index in [1.807, 2.05) is 37.4 Å². The Kier molecular flexibility index (Phi) is 9.49. The van der Waals surface area contributed by atoms with Gasteiger partial charge in [-0.2, -0.15) is 0 Å². The van der Waals surface area contributed by atoms with Crippen LogP contribution in [0, 0.1) is 11.6 Å². The average molecular weight is 387 g/mol. The molecule has 0 aromatic heterocycles. The van der Waals surface area contributed by atoms with Crippen LogP contribution in [0.1, 0.15) is 17.2 Å². The van der Waals surface area contributed by atoms with E-state index in [2.05, 4.69) is 10.6 Å². The van der Waals surface area contributed by atoms with E-state index in [4.69, 9.17) is 0 Å². The fourth-order valence-electron chi connectivity index (χ4n) is 2.17. The van der Waals surface area contributed by atoms with Crippen molar-refractivity contribution >= 4 is 30.1 Å². The van der Waals surface area contributed by atoms with Crippen LogP contribution >= 0.6 is 24.2 Å². The van der Waals surface area contributed by atoms with Crippen LogP contribution in [0.2, 0.25) is 0 Å². The van der Waals surface area contributed by atoms with Crippen LogP contribution in [0.3, 0.4) is 0 Å². The number of amides is 1. The SMILES string of the molecule is CNCCCNC(=O)C(Sc1ccc(F)cc1F)c1ccccc1.Cl. The number of nitrogens with one attached hydrogen (secondary N) is 2. The zero-order valence-electron chi connectivity index (χ0n) is 13.8. The summed E-state index contributed by atoms with van der Waals surface area (Å²) in [6.07, 6.45) is 0.805. The maximum absolute atomic E-state index is 13.9. The van der Waals surface area contributed by atoms with Crippen LogP contribution < -0.4 is 10.6 Å². The van der Waals surface area contributed by atoms with Gasteiger partial charge in [-0.3, -0.25) is 4.79 Å². The van der Waals surface area contributed by atoms with Gasteiger partial charge in [0, 0.05) is 17.5 Å². The number of benzene rings is 2. The van der Waals surface area contributed by atoms with Crippen molar-refractivity contribution in [2.45, 2.75) is 16.6 Å². The molecule has 1 unspecified atom stereocenters. The van der Waals surface area contributed by atoms with E-state index in [9.17, 15) is 13.6 Å². The molecule has 1 amide bonds. The minimum Gasteiger partial charge on any atom is -0.355 e. The lowest BCUT2D eigenvalue weighted by Gasteiger charge is -2.17. The van der Waals surface area contributed by atoms with Crippen molar-refractivity contribution in [3.8, 4) is 0 Å². The summed E-state index contributed by atoms with van der Waals surface area (Å²) < 4.78 is 27.0. The lowest BCUT2D eigenvalue weighted by molar-refractivity contribution is -0.120. The molecule has 0 spiro atoms. The van der Waals surface area contributed by atoms with Crippen LogP contribution in [0.5, 0.6) is 0 Å². The first-order valence-electron chi connectivity index (χ1n) is 7.71. The van der Waals surface area contributed by atoms with Gasteiger partial charge in [0.2, 0.25) is 5.91 Å². The quantitative estimate of drug-likeness (QED) is 0.533. The third-order valence-electron chi connectivity index (χ3n) is 3.38. The van der Waals surface area contributed by atoms with Gasteiger partial charge in [-0.15, -0.1) is 24.2 Å². The van der Waals surface area contributed by atoms with E-state index in [1.165, 1.54) is 12.1 Å². The Hall–Kier alpha value is -1.63. The van der Waals surface area contributed by atoms with E-state index < -0.39 is 16.9 Å². The van der Waals surface area contributed by atoms with Gasteiger partial charge in [0.05, 0.1) is 0 Å². The van der Waals surface area contributed by atoms with E-state index in [-0.39, 0.29) is 23.2 Å². The molecule has 0 aliphatic carbocycles. The molecule has 0 saturated carbocycles.